The first-order valence-electron chi connectivity index (χ1n) is 11.8. The van der Waals surface area contributed by atoms with Gasteiger partial charge in [-0.2, -0.15) is 0 Å². The maximum absolute atomic E-state index is 6.16. The highest BCUT2D eigenvalue weighted by Crippen LogP contribution is 2.38. The summed E-state index contributed by atoms with van der Waals surface area (Å²) in [6.45, 7) is 9.85. The minimum absolute atomic E-state index is 0.660. The van der Waals surface area contributed by atoms with E-state index in [1.165, 1.54) is 0 Å². The molecule has 0 amide bonds. The molecule has 0 bridgehead atoms. The molecule has 0 aliphatic carbocycles. The zero-order valence-corrected chi connectivity index (χ0v) is 19.9. The Bertz CT molecular complexity index is 1760. The Morgan fingerprint density at radius 2 is 1.42 bits per heavy atom. The highest BCUT2D eigenvalue weighted by molar-refractivity contribution is 6.13. The molecule has 0 atom stereocenters. The van der Waals surface area contributed by atoms with E-state index in [-0.39, 0.29) is 0 Å². The summed E-state index contributed by atoms with van der Waals surface area (Å²) in [4.78, 5) is 13.9. The normalized spacial score (nSPS) is 11.1. The lowest BCUT2D eigenvalue weighted by molar-refractivity contribution is 0.669. The van der Waals surface area contributed by atoms with Gasteiger partial charge in [-0.3, -0.25) is 0 Å². The number of hydrogen-bond acceptors (Lipinski definition) is 4. The van der Waals surface area contributed by atoms with Crippen LogP contribution in [0.25, 0.3) is 61.4 Å². The van der Waals surface area contributed by atoms with Gasteiger partial charge in [0.2, 0.25) is 0 Å². The van der Waals surface area contributed by atoms with Crippen LogP contribution in [0.15, 0.2) is 115 Å². The Balaban J connectivity index is 1.44. The van der Waals surface area contributed by atoms with Crippen molar-refractivity contribution in [1.82, 2.24) is 15.0 Å². The van der Waals surface area contributed by atoms with Crippen LogP contribution in [0.3, 0.4) is 0 Å². The molecule has 0 saturated heterocycles. The molecule has 0 unspecified atom stereocenters. The van der Waals surface area contributed by atoms with Crippen LogP contribution in [0.2, 0.25) is 0 Å². The number of aryl methyl sites for hydroxylation is 1. The molecular formula is C32H23N3O. The number of rotatable bonds is 5. The quantitative estimate of drug-likeness (QED) is 0.240. The third-order valence-corrected chi connectivity index (χ3v) is 6.35. The van der Waals surface area contributed by atoms with Gasteiger partial charge in [0.05, 0.1) is 0 Å². The fraction of sp³-hybridized carbons (Fsp3) is 0.0312. The van der Waals surface area contributed by atoms with Gasteiger partial charge in [-0.1, -0.05) is 92.0 Å². The molecule has 0 aliphatic rings. The average molecular weight is 466 g/mol. The van der Waals surface area contributed by atoms with E-state index in [1.807, 2.05) is 61.5 Å². The molecule has 0 N–H and O–H groups in total. The molecule has 2 aromatic heterocycles. The van der Waals surface area contributed by atoms with E-state index in [1.54, 1.807) is 6.08 Å². The van der Waals surface area contributed by atoms with Crippen LogP contribution in [0.1, 0.15) is 11.4 Å². The van der Waals surface area contributed by atoms with Crippen molar-refractivity contribution in [3.8, 4) is 33.9 Å². The highest BCUT2D eigenvalue weighted by Gasteiger charge is 2.14. The molecule has 36 heavy (non-hydrogen) atoms. The van der Waals surface area contributed by atoms with Crippen molar-refractivity contribution in [2.24, 2.45) is 0 Å². The fourth-order valence-corrected chi connectivity index (χ4v) is 4.51. The fourth-order valence-electron chi connectivity index (χ4n) is 4.51. The zero-order valence-electron chi connectivity index (χ0n) is 19.9. The van der Waals surface area contributed by atoms with Crippen molar-refractivity contribution in [3.63, 3.8) is 0 Å². The topological polar surface area (TPSA) is 51.8 Å². The van der Waals surface area contributed by atoms with Crippen LogP contribution >= 0.6 is 0 Å². The average Bonchev–Trinajstić information content (AvgIpc) is 3.31. The second kappa shape index (κ2) is 8.75. The first-order valence-corrected chi connectivity index (χ1v) is 11.8. The third kappa shape index (κ3) is 3.79. The first-order chi connectivity index (χ1) is 17.6. The van der Waals surface area contributed by atoms with Crippen molar-refractivity contribution < 1.29 is 4.42 Å². The lowest BCUT2D eigenvalue weighted by Crippen LogP contribution is -1.99. The summed E-state index contributed by atoms with van der Waals surface area (Å²) in [5, 5.41) is 2.15. The van der Waals surface area contributed by atoms with Gasteiger partial charge in [0.15, 0.2) is 11.6 Å². The summed E-state index contributed by atoms with van der Waals surface area (Å²) >= 11 is 0. The van der Waals surface area contributed by atoms with Gasteiger partial charge in [0.1, 0.15) is 17.0 Å². The predicted molar refractivity (Wildman–Crippen MR) is 147 cm³/mol. The van der Waals surface area contributed by atoms with Gasteiger partial charge in [-0.25, -0.2) is 15.0 Å². The Labute approximate surface area is 209 Å². The first kappa shape index (κ1) is 21.7. The van der Waals surface area contributed by atoms with Crippen LogP contribution < -0.4 is 0 Å². The molecule has 6 rings (SSSR count). The van der Waals surface area contributed by atoms with E-state index in [9.17, 15) is 0 Å². The van der Waals surface area contributed by atoms with Gasteiger partial charge < -0.3 is 4.42 Å². The lowest BCUT2D eigenvalue weighted by atomic mass is 9.97. The molecule has 4 nitrogen and oxygen atoms in total. The molecule has 0 fully saturated rings. The van der Waals surface area contributed by atoms with E-state index in [0.29, 0.717) is 17.5 Å². The maximum atomic E-state index is 6.16. The standard InChI is InChI=1S/C32H23N3O/c1-4-20(2)25-17-18-28-27(19-25)30-26(11-8-12-29(30)36-28)22-13-15-24(16-14-22)32-34-21(3)33-31(35-32)23-9-6-5-7-10-23/h4-19H,1-2H2,3H3. The van der Waals surface area contributed by atoms with E-state index in [0.717, 1.165) is 55.3 Å². The smallest absolute Gasteiger partial charge is 0.163 e. The lowest BCUT2D eigenvalue weighted by Gasteiger charge is -2.08. The summed E-state index contributed by atoms with van der Waals surface area (Å²) in [5.41, 5.74) is 7.73. The molecule has 0 saturated carbocycles. The highest BCUT2D eigenvalue weighted by atomic mass is 16.3. The minimum Gasteiger partial charge on any atom is -0.456 e. The molecule has 172 valence electrons. The van der Waals surface area contributed by atoms with E-state index in [4.69, 9.17) is 9.40 Å². The van der Waals surface area contributed by atoms with Crippen molar-refractivity contribution in [1.29, 1.82) is 0 Å². The number of furan rings is 1. The summed E-state index contributed by atoms with van der Waals surface area (Å²) in [5.74, 6) is 2.02. The number of nitrogens with zero attached hydrogens (tertiary/aromatic N) is 3. The Morgan fingerprint density at radius 1 is 0.722 bits per heavy atom. The molecule has 0 spiro atoms. The SMILES string of the molecule is C=CC(=C)c1ccc2oc3cccc(-c4ccc(-c5nc(C)nc(-c6ccccc6)n5)cc4)c3c2c1. The van der Waals surface area contributed by atoms with Crippen LogP contribution in [0.4, 0.5) is 0 Å². The van der Waals surface area contributed by atoms with Gasteiger partial charge in [-0.15, -0.1) is 0 Å². The molecule has 0 radical (unpaired) electrons. The molecule has 4 aromatic carbocycles. The van der Waals surface area contributed by atoms with Crippen LogP contribution in [-0.2, 0) is 0 Å². The van der Waals surface area contributed by atoms with Crippen molar-refractivity contribution in [3.05, 3.63) is 122 Å². The zero-order chi connectivity index (χ0) is 24.6. The van der Waals surface area contributed by atoms with Gasteiger partial charge in [0, 0.05) is 21.9 Å². The van der Waals surface area contributed by atoms with Crippen molar-refractivity contribution in [2.45, 2.75) is 6.92 Å². The monoisotopic (exact) mass is 465 g/mol. The number of hydrogen-bond donors (Lipinski definition) is 0. The second-order valence-electron chi connectivity index (χ2n) is 8.69. The van der Waals surface area contributed by atoms with Gasteiger partial charge in [0.25, 0.3) is 0 Å². The second-order valence-corrected chi connectivity index (χ2v) is 8.69. The van der Waals surface area contributed by atoms with Crippen molar-refractivity contribution >= 4 is 27.5 Å². The summed E-state index contributed by atoms with van der Waals surface area (Å²) in [6, 6.07) is 30.6. The molecule has 2 heterocycles. The Hall–Kier alpha value is -4.83. The summed E-state index contributed by atoms with van der Waals surface area (Å²) < 4.78 is 6.16. The number of aromatic nitrogens is 3. The summed E-state index contributed by atoms with van der Waals surface area (Å²) in [7, 11) is 0. The molecular weight excluding hydrogens is 442 g/mol. The number of allylic oxidation sites excluding steroid dienone is 2. The Kier molecular flexibility index (Phi) is 5.27. The van der Waals surface area contributed by atoms with E-state index in [2.05, 4.69) is 59.5 Å². The predicted octanol–water partition coefficient (Wildman–Crippen LogP) is 8.28. The number of fused-ring (bicyclic) bond motifs is 3. The van der Waals surface area contributed by atoms with Crippen LogP contribution in [0.5, 0.6) is 0 Å². The Morgan fingerprint density at radius 3 is 2.14 bits per heavy atom. The molecule has 4 heteroatoms. The van der Waals surface area contributed by atoms with Crippen LogP contribution in [0, 0.1) is 6.92 Å². The van der Waals surface area contributed by atoms with E-state index < -0.39 is 0 Å². The van der Waals surface area contributed by atoms with Gasteiger partial charge in [-0.05, 0) is 47.4 Å². The minimum atomic E-state index is 0.660. The maximum Gasteiger partial charge on any atom is 0.163 e. The largest absolute Gasteiger partial charge is 0.456 e. The van der Waals surface area contributed by atoms with Gasteiger partial charge >= 0.3 is 0 Å². The molecule has 6 aromatic rings. The van der Waals surface area contributed by atoms with Crippen molar-refractivity contribution in [2.75, 3.05) is 0 Å². The van der Waals surface area contributed by atoms with Crippen LogP contribution in [-0.4, -0.2) is 15.0 Å². The number of benzene rings is 4. The van der Waals surface area contributed by atoms with E-state index >= 15 is 0 Å². The summed E-state index contributed by atoms with van der Waals surface area (Å²) in [6.07, 6.45) is 1.77. The third-order valence-electron chi connectivity index (χ3n) is 6.35. The molecule has 0 aliphatic heterocycles.